The Morgan fingerprint density at radius 2 is 1.66 bits per heavy atom. The minimum absolute atomic E-state index is 0.131. The van der Waals surface area contributed by atoms with Crippen molar-refractivity contribution in [3.05, 3.63) is 0 Å². The molecule has 5 N–H and O–H groups in total. The lowest BCUT2D eigenvalue weighted by molar-refractivity contribution is -0.152. The minimum Gasteiger partial charge on any atom is -0.481 e. The van der Waals surface area contributed by atoms with E-state index < -0.39 is 53.8 Å². The van der Waals surface area contributed by atoms with Crippen LogP contribution < -0.4 is 11.1 Å². The van der Waals surface area contributed by atoms with Gasteiger partial charge in [0.1, 0.15) is 18.1 Å². The van der Waals surface area contributed by atoms with Crippen LogP contribution in [0.15, 0.2) is 0 Å². The zero-order chi connectivity index (χ0) is 23.8. The number of nitrogens with two attached hydrogens (primary N) is 1. The molecule has 4 unspecified atom stereocenters. The highest BCUT2D eigenvalue weighted by Crippen LogP contribution is 2.26. The van der Waals surface area contributed by atoms with Gasteiger partial charge in [-0.05, 0) is 50.5 Å². The summed E-state index contributed by atoms with van der Waals surface area (Å²) in [5.41, 5.74) is 5.88. The van der Waals surface area contributed by atoms with Crippen LogP contribution in [0.5, 0.6) is 0 Å². The second kappa shape index (κ2) is 12.0. The van der Waals surface area contributed by atoms with Crippen LogP contribution in [-0.4, -0.2) is 98.9 Å². The van der Waals surface area contributed by atoms with Crippen LogP contribution in [0.25, 0.3) is 0 Å². The summed E-state index contributed by atoms with van der Waals surface area (Å²) in [6.07, 6.45) is 3.71. The molecule has 2 heterocycles. The standard InChI is InChI=1S/C20H32N4O7S/c1-32-11-8-12(21)17(27)22-13(6-7-16(25)26)18(28)23-9-2-4-14(23)19(29)24-10-3-5-15(24)20(30)31/h12-15H,2-11,21H2,1H3,(H,22,27)(H,25,26)(H,30,31). The smallest absolute Gasteiger partial charge is 0.326 e. The Hall–Kier alpha value is -2.34. The van der Waals surface area contributed by atoms with Crippen LogP contribution >= 0.6 is 11.8 Å². The van der Waals surface area contributed by atoms with E-state index in [4.69, 9.17) is 10.8 Å². The monoisotopic (exact) mass is 472 g/mol. The van der Waals surface area contributed by atoms with E-state index in [-0.39, 0.29) is 19.4 Å². The quantitative estimate of drug-likeness (QED) is 0.309. The topological polar surface area (TPSA) is 170 Å². The number of nitrogens with one attached hydrogen (secondary N) is 1. The second-order valence-electron chi connectivity index (χ2n) is 8.10. The van der Waals surface area contributed by atoms with Gasteiger partial charge in [0.05, 0.1) is 6.04 Å². The van der Waals surface area contributed by atoms with Gasteiger partial charge in [-0.25, -0.2) is 4.79 Å². The lowest BCUT2D eigenvalue weighted by Gasteiger charge is -2.32. The molecule has 2 fully saturated rings. The van der Waals surface area contributed by atoms with Gasteiger partial charge in [-0.15, -0.1) is 0 Å². The summed E-state index contributed by atoms with van der Waals surface area (Å²) in [7, 11) is 0. The number of nitrogens with zero attached hydrogens (tertiary/aromatic N) is 2. The third-order valence-corrected chi connectivity index (χ3v) is 6.52. The van der Waals surface area contributed by atoms with Crippen LogP contribution in [0.4, 0.5) is 0 Å². The molecule has 0 radical (unpaired) electrons. The number of carboxylic acid groups (broad SMARTS) is 2. The van der Waals surface area contributed by atoms with E-state index in [1.807, 2.05) is 6.26 Å². The number of carbonyl (C=O) groups is 5. The Morgan fingerprint density at radius 1 is 1.03 bits per heavy atom. The minimum atomic E-state index is -1.12. The number of thioether (sulfide) groups is 1. The van der Waals surface area contributed by atoms with Crippen molar-refractivity contribution in [3.63, 3.8) is 0 Å². The molecule has 12 heteroatoms. The summed E-state index contributed by atoms with van der Waals surface area (Å²) < 4.78 is 0. The van der Waals surface area contributed by atoms with Crippen LogP contribution in [0.2, 0.25) is 0 Å². The van der Waals surface area contributed by atoms with Crippen LogP contribution in [-0.2, 0) is 24.0 Å². The number of likely N-dealkylation sites (tertiary alicyclic amines) is 2. The van der Waals surface area contributed by atoms with Crippen molar-refractivity contribution < 1.29 is 34.2 Å². The fraction of sp³-hybridized carbons (Fsp3) is 0.750. The Morgan fingerprint density at radius 3 is 2.25 bits per heavy atom. The number of aliphatic carboxylic acids is 2. The van der Waals surface area contributed by atoms with Gasteiger partial charge in [-0.3, -0.25) is 19.2 Å². The summed E-state index contributed by atoms with van der Waals surface area (Å²) in [4.78, 5) is 64.0. The SMILES string of the molecule is CSCCC(N)C(=O)NC(CCC(=O)O)C(=O)N1CCCC1C(=O)N1CCCC1C(=O)O. The summed E-state index contributed by atoms with van der Waals surface area (Å²) >= 11 is 1.53. The van der Waals surface area contributed by atoms with Crippen molar-refractivity contribution in [2.45, 2.75) is 69.1 Å². The number of carbonyl (C=O) groups excluding carboxylic acids is 3. The predicted molar refractivity (Wildman–Crippen MR) is 117 cm³/mol. The highest BCUT2D eigenvalue weighted by atomic mass is 32.2. The number of amides is 3. The molecule has 0 aromatic heterocycles. The molecule has 0 spiro atoms. The molecule has 0 aromatic rings. The first kappa shape index (κ1) is 25.9. The van der Waals surface area contributed by atoms with Crippen LogP contribution in [0.3, 0.4) is 0 Å². The fourth-order valence-electron chi connectivity index (χ4n) is 4.15. The van der Waals surface area contributed by atoms with Crippen LogP contribution in [0.1, 0.15) is 44.9 Å². The molecule has 2 aliphatic rings. The summed E-state index contributed by atoms with van der Waals surface area (Å²) in [6.45, 7) is 0.594. The maximum absolute atomic E-state index is 13.3. The average Bonchev–Trinajstić information content (AvgIpc) is 3.43. The van der Waals surface area contributed by atoms with Crippen LogP contribution in [0, 0.1) is 0 Å². The summed E-state index contributed by atoms with van der Waals surface area (Å²) in [5, 5.41) is 21.0. The van der Waals surface area contributed by atoms with E-state index in [1.165, 1.54) is 21.6 Å². The Labute approximate surface area is 191 Å². The zero-order valence-corrected chi connectivity index (χ0v) is 19.0. The summed E-state index contributed by atoms with van der Waals surface area (Å²) in [5.74, 6) is -3.03. The molecule has 0 aromatic carbocycles. The van der Waals surface area contributed by atoms with Gasteiger partial charge in [0.2, 0.25) is 17.7 Å². The first-order chi connectivity index (χ1) is 15.2. The molecular weight excluding hydrogens is 440 g/mol. The molecule has 0 bridgehead atoms. The Balaban J connectivity index is 2.13. The van der Waals surface area contributed by atoms with E-state index in [2.05, 4.69) is 5.32 Å². The third-order valence-electron chi connectivity index (χ3n) is 5.87. The van der Waals surface area contributed by atoms with E-state index in [0.29, 0.717) is 44.4 Å². The molecule has 4 atom stereocenters. The van der Waals surface area contributed by atoms with Crippen molar-refractivity contribution >= 4 is 41.4 Å². The van der Waals surface area contributed by atoms with E-state index >= 15 is 0 Å². The fourth-order valence-corrected chi connectivity index (χ4v) is 4.64. The molecule has 0 aliphatic carbocycles. The molecule has 3 amide bonds. The maximum atomic E-state index is 13.3. The largest absolute Gasteiger partial charge is 0.481 e. The Bertz CT molecular complexity index is 735. The maximum Gasteiger partial charge on any atom is 0.326 e. The van der Waals surface area contributed by atoms with E-state index in [9.17, 15) is 29.1 Å². The molecule has 180 valence electrons. The number of hydrogen-bond donors (Lipinski definition) is 4. The first-order valence-corrected chi connectivity index (χ1v) is 12.2. The van der Waals surface area contributed by atoms with Crippen molar-refractivity contribution in [1.82, 2.24) is 15.1 Å². The van der Waals surface area contributed by atoms with Crippen molar-refractivity contribution in [1.29, 1.82) is 0 Å². The van der Waals surface area contributed by atoms with E-state index in [0.717, 1.165) is 0 Å². The van der Waals surface area contributed by atoms with Gasteiger partial charge < -0.3 is 31.1 Å². The van der Waals surface area contributed by atoms with Gasteiger partial charge in [-0.2, -0.15) is 11.8 Å². The highest BCUT2D eigenvalue weighted by Gasteiger charge is 2.43. The molecule has 11 nitrogen and oxygen atoms in total. The lowest BCUT2D eigenvalue weighted by atomic mass is 10.1. The number of carboxylic acids is 2. The number of rotatable bonds is 11. The third kappa shape index (κ3) is 6.58. The lowest BCUT2D eigenvalue weighted by Crippen LogP contribution is -2.56. The predicted octanol–water partition coefficient (Wildman–Crippen LogP) is -0.517. The molecule has 0 saturated carbocycles. The van der Waals surface area contributed by atoms with Gasteiger partial charge in [0.15, 0.2) is 0 Å². The highest BCUT2D eigenvalue weighted by molar-refractivity contribution is 7.98. The number of hydrogen-bond acceptors (Lipinski definition) is 7. The molecule has 2 saturated heterocycles. The van der Waals surface area contributed by atoms with Crippen molar-refractivity contribution in [2.24, 2.45) is 5.73 Å². The Kier molecular flexibility index (Phi) is 9.76. The molecular formula is C20H32N4O7S. The van der Waals surface area contributed by atoms with Gasteiger partial charge in [0.25, 0.3) is 0 Å². The first-order valence-electron chi connectivity index (χ1n) is 10.8. The van der Waals surface area contributed by atoms with Gasteiger partial charge in [-0.1, -0.05) is 0 Å². The van der Waals surface area contributed by atoms with Gasteiger partial charge in [0, 0.05) is 19.5 Å². The van der Waals surface area contributed by atoms with Crippen molar-refractivity contribution in [2.75, 3.05) is 25.1 Å². The summed E-state index contributed by atoms with van der Waals surface area (Å²) in [6, 6.07) is -3.69. The average molecular weight is 473 g/mol. The normalized spacial score (nSPS) is 22.4. The second-order valence-corrected chi connectivity index (χ2v) is 9.08. The molecule has 2 aliphatic heterocycles. The molecule has 32 heavy (non-hydrogen) atoms. The zero-order valence-electron chi connectivity index (χ0n) is 18.2. The molecule has 2 rings (SSSR count). The van der Waals surface area contributed by atoms with Crippen molar-refractivity contribution in [3.8, 4) is 0 Å². The van der Waals surface area contributed by atoms with E-state index in [1.54, 1.807) is 0 Å². The van der Waals surface area contributed by atoms with Gasteiger partial charge >= 0.3 is 11.9 Å².